The molecule has 0 atom stereocenters. The van der Waals surface area contributed by atoms with E-state index in [0.29, 0.717) is 13.1 Å². The predicted molar refractivity (Wildman–Crippen MR) is 88.6 cm³/mol. The number of hydrogen-bond donors (Lipinski definition) is 0. The second-order valence-corrected chi connectivity index (χ2v) is 5.10. The van der Waals surface area contributed by atoms with Crippen molar-refractivity contribution in [1.82, 2.24) is 0 Å². The molecule has 0 unspecified atom stereocenters. The Bertz CT molecular complexity index is 636. The molecule has 0 N–H and O–H groups in total. The molecular formula is C19H20N2. The van der Waals surface area contributed by atoms with Gasteiger partial charge in [-0.15, -0.1) is 0 Å². The highest BCUT2D eigenvalue weighted by atomic mass is 14.7. The molecule has 0 bridgehead atoms. The van der Waals surface area contributed by atoms with Crippen LogP contribution in [0.2, 0.25) is 0 Å². The third kappa shape index (κ3) is 4.89. The Morgan fingerprint density at radius 1 is 1.10 bits per heavy atom. The Morgan fingerprint density at radius 3 is 2.62 bits per heavy atom. The van der Waals surface area contributed by atoms with Gasteiger partial charge < -0.3 is 4.85 Å². The minimum Gasteiger partial charge on any atom is -0.317 e. The van der Waals surface area contributed by atoms with E-state index < -0.39 is 0 Å². The molecule has 2 rings (SSSR count). The van der Waals surface area contributed by atoms with Gasteiger partial charge in [0.25, 0.3) is 0 Å². The molecule has 0 heterocycles. The van der Waals surface area contributed by atoms with Gasteiger partial charge in [0, 0.05) is 12.1 Å². The van der Waals surface area contributed by atoms with Gasteiger partial charge in [0.1, 0.15) is 0 Å². The summed E-state index contributed by atoms with van der Waals surface area (Å²) in [6, 6.07) is 18.7. The standard InChI is InChI=1S/C19H20N2/c1-16-8-6-11-18(14-16)19(12-7-13-20-2)21-15-17-9-4-3-5-10-17/h3-6,8-11,14H,7,12-13,15H2,1H3. The Morgan fingerprint density at radius 2 is 1.90 bits per heavy atom. The zero-order valence-corrected chi connectivity index (χ0v) is 12.4. The third-order valence-electron chi connectivity index (χ3n) is 3.33. The molecule has 2 heteroatoms. The Balaban J connectivity index is 2.17. The van der Waals surface area contributed by atoms with Crippen LogP contribution in [-0.2, 0) is 6.54 Å². The first-order valence-electron chi connectivity index (χ1n) is 7.27. The van der Waals surface area contributed by atoms with Crippen molar-refractivity contribution in [2.45, 2.75) is 26.3 Å². The Labute approximate surface area is 127 Å². The SMILES string of the molecule is [C-]#[N+]CCCC(=NCc1ccccc1)c1cccc(C)c1. The van der Waals surface area contributed by atoms with Crippen molar-refractivity contribution in [3.63, 3.8) is 0 Å². The lowest BCUT2D eigenvalue weighted by atomic mass is 10.0. The average Bonchev–Trinajstić information content (AvgIpc) is 2.52. The predicted octanol–water partition coefficient (Wildman–Crippen LogP) is 4.68. The van der Waals surface area contributed by atoms with Crippen LogP contribution < -0.4 is 0 Å². The van der Waals surface area contributed by atoms with Crippen LogP contribution in [0.15, 0.2) is 59.6 Å². The molecule has 106 valence electrons. The largest absolute Gasteiger partial charge is 0.317 e. The molecule has 0 radical (unpaired) electrons. The van der Waals surface area contributed by atoms with E-state index >= 15 is 0 Å². The van der Waals surface area contributed by atoms with Gasteiger partial charge >= 0.3 is 0 Å². The van der Waals surface area contributed by atoms with Gasteiger partial charge in [-0.3, -0.25) is 4.99 Å². The third-order valence-corrected chi connectivity index (χ3v) is 3.33. The van der Waals surface area contributed by atoms with Gasteiger partial charge in [-0.1, -0.05) is 60.2 Å². The van der Waals surface area contributed by atoms with Crippen LogP contribution >= 0.6 is 0 Å². The summed E-state index contributed by atoms with van der Waals surface area (Å²) in [6.45, 7) is 10.3. The van der Waals surface area contributed by atoms with E-state index in [1.807, 2.05) is 18.2 Å². The van der Waals surface area contributed by atoms with Gasteiger partial charge in [0.15, 0.2) is 0 Å². The van der Waals surface area contributed by atoms with Crippen molar-refractivity contribution in [1.29, 1.82) is 0 Å². The molecule has 2 nitrogen and oxygen atoms in total. The van der Waals surface area contributed by atoms with Gasteiger partial charge in [-0.25, -0.2) is 6.57 Å². The maximum atomic E-state index is 6.91. The first-order chi connectivity index (χ1) is 10.3. The molecule has 2 aromatic carbocycles. The molecule has 0 aliphatic rings. The zero-order chi connectivity index (χ0) is 14.9. The van der Waals surface area contributed by atoms with Crippen LogP contribution in [-0.4, -0.2) is 12.3 Å². The van der Waals surface area contributed by atoms with E-state index in [1.54, 1.807) is 0 Å². The van der Waals surface area contributed by atoms with Crippen molar-refractivity contribution < 1.29 is 0 Å². The molecule has 2 aromatic rings. The van der Waals surface area contributed by atoms with Crippen molar-refractivity contribution >= 4 is 5.71 Å². The molecule has 0 fully saturated rings. The van der Waals surface area contributed by atoms with Gasteiger partial charge in [-0.05, 0) is 24.5 Å². The lowest BCUT2D eigenvalue weighted by molar-refractivity contribution is 0.935. The first kappa shape index (κ1) is 15.0. The highest BCUT2D eigenvalue weighted by molar-refractivity contribution is 6.00. The normalized spacial score (nSPS) is 11.1. The number of aliphatic imine (C=N–C) groups is 1. The van der Waals surface area contributed by atoms with Crippen molar-refractivity contribution in [3.05, 3.63) is 82.7 Å². The Hall–Kier alpha value is -2.40. The number of rotatable bonds is 6. The lowest BCUT2D eigenvalue weighted by Gasteiger charge is -2.07. The molecule has 0 amide bonds. The summed E-state index contributed by atoms with van der Waals surface area (Å²) in [5.41, 5.74) is 4.74. The lowest BCUT2D eigenvalue weighted by Crippen LogP contribution is -2.03. The smallest absolute Gasteiger partial charge is 0.215 e. The minimum absolute atomic E-state index is 0.566. The average molecular weight is 276 g/mol. The zero-order valence-electron chi connectivity index (χ0n) is 12.4. The van der Waals surface area contributed by atoms with Crippen LogP contribution in [0, 0.1) is 13.5 Å². The highest BCUT2D eigenvalue weighted by Gasteiger charge is 2.05. The fourth-order valence-electron chi connectivity index (χ4n) is 2.23. The van der Waals surface area contributed by atoms with Crippen LogP contribution in [0.3, 0.4) is 0 Å². The monoisotopic (exact) mass is 276 g/mol. The molecule has 0 aliphatic carbocycles. The van der Waals surface area contributed by atoms with Crippen LogP contribution in [0.4, 0.5) is 0 Å². The van der Waals surface area contributed by atoms with E-state index in [2.05, 4.69) is 48.2 Å². The second kappa shape index (κ2) is 8.01. The second-order valence-electron chi connectivity index (χ2n) is 5.10. The quantitative estimate of drug-likeness (QED) is 0.414. The van der Waals surface area contributed by atoms with E-state index in [9.17, 15) is 0 Å². The van der Waals surface area contributed by atoms with E-state index in [0.717, 1.165) is 18.6 Å². The summed E-state index contributed by atoms with van der Waals surface area (Å²) >= 11 is 0. The highest BCUT2D eigenvalue weighted by Crippen LogP contribution is 2.12. The summed E-state index contributed by atoms with van der Waals surface area (Å²) in [5, 5.41) is 0. The maximum absolute atomic E-state index is 6.91. The summed E-state index contributed by atoms with van der Waals surface area (Å²) in [4.78, 5) is 8.22. The molecule has 0 saturated heterocycles. The minimum atomic E-state index is 0.566. The summed E-state index contributed by atoms with van der Waals surface area (Å²) in [5.74, 6) is 0. The van der Waals surface area contributed by atoms with E-state index in [-0.39, 0.29) is 0 Å². The first-order valence-corrected chi connectivity index (χ1v) is 7.27. The number of nitrogens with zero attached hydrogens (tertiary/aromatic N) is 2. The van der Waals surface area contributed by atoms with Crippen molar-refractivity contribution in [2.24, 2.45) is 4.99 Å². The van der Waals surface area contributed by atoms with Crippen LogP contribution in [0.5, 0.6) is 0 Å². The topological polar surface area (TPSA) is 16.7 Å². The summed E-state index contributed by atoms with van der Waals surface area (Å²) in [6.07, 6.45) is 1.73. The van der Waals surface area contributed by atoms with Gasteiger partial charge in [0.05, 0.1) is 6.54 Å². The maximum Gasteiger partial charge on any atom is 0.215 e. The fourth-order valence-corrected chi connectivity index (χ4v) is 2.23. The summed E-state index contributed by atoms with van der Waals surface area (Å²) < 4.78 is 0. The molecular weight excluding hydrogens is 256 g/mol. The van der Waals surface area contributed by atoms with Crippen molar-refractivity contribution in [2.75, 3.05) is 6.54 Å². The number of benzene rings is 2. The molecule has 0 aliphatic heterocycles. The van der Waals surface area contributed by atoms with E-state index in [4.69, 9.17) is 11.6 Å². The van der Waals surface area contributed by atoms with Crippen molar-refractivity contribution in [3.8, 4) is 0 Å². The van der Waals surface area contributed by atoms with Crippen LogP contribution in [0.1, 0.15) is 29.5 Å². The Kier molecular flexibility index (Phi) is 5.72. The molecule has 0 saturated carbocycles. The van der Waals surface area contributed by atoms with Gasteiger partial charge in [-0.2, -0.15) is 0 Å². The molecule has 21 heavy (non-hydrogen) atoms. The molecule has 0 aromatic heterocycles. The molecule has 0 spiro atoms. The van der Waals surface area contributed by atoms with Gasteiger partial charge in [0.2, 0.25) is 6.54 Å². The number of aryl methyl sites for hydroxylation is 1. The number of hydrogen-bond acceptors (Lipinski definition) is 1. The van der Waals surface area contributed by atoms with Crippen LogP contribution in [0.25, 0.3) is 4.85 Å². The van der Waals surface area contributed by atoms with E-state index in [1.165, 1.54) is 16.7 Å². The fraction of sp³-hybridized carbons (Fsp3) is 0.263. The summed E-state index contributed by atoms with van der Waals surface area (Å²) in [7, 11) is 0.